The Balaban J connectivity index is 1.65. The van der Waals surface area contributed by atoms with Gasteiger partial charge in [-0.1, -0.05) is 13.8 Å². The van der Waals surface area contributed by atoms with Crippen molar-refractivity contribution >= 4 is 17.6 Å². The lowest BCUT2D eigenvalue weighted by molar-refractivity contribution is -0.127. The Labute approximate surface area is 177 Å². The number of rotatable bonds is 9. The lowest BCUT2D eigenvalue weighted by Crippen LogP contribution is -2.54. The molecule has 8 nitrogen and oxygen atoms in total. The Morgan fingerprint density at radius 2 is 1.97 bits per heavy atom. The number of likely N-dealkylation sites (tertiary alicyclic amines) is 1. The summed E-state index contributed by atoms with van der Waals surface area (Å²) in [4.78, 5) is 40.3. The van der Waals surface area contributed by atoms with Gasteiger partial charge < -0.3 is 24.7 Å². The predicted molar refractivity (Wildman–Crippen MR) is 111 cm³/mol. The van der Waals surface area contributed by atoms with E-state index in [1.807, 2.05) is 0 Å². The molecule has 2 N–H and O–H groups in total. The van der Waals surface area contributed by atoms with Crippen LogP contribution in [0.4, 0.5) is 0 Å². The molecule has 3 atom stereocenters. The summed E-state index contributed by atoms with van der Waals surface area (Å²) in [5.74, 6) is 0.0631. The highest BCUT2D eigenvalue weighted by molar-refractivity contribution is 5.99. The molecule has 0 aliphatic carbocycles. The molecule has 3 unspecified atom stereocenters. The molecule has 1 aromatic heterocycles. The first-order valence-electron chi connectivity index (χ1n) is 10.9. The monoisotopic (exact) mass is 419 g/mol. The summed E-state index contributed by atoms with van der Waals surface area (Å²) < 4.78 is 10.9. The average Bonchev–Trinajstić information content (AvgIpc) is 3.43. The minimum absolute atomic E-state index is 0.0146. The fourth-order valence-corrected chi connectivity index (χ4v) is 4.01. The number of carbonyl (C=O) groups excluding carboxylic acids is 3. The van der Waals surface area contributed by atoms with Crippen LogP contribution in [0.2, 0.25) is 0 Å². The fraction of sp³-hybridized carbons (Fsp3) is 0.682. The lowest BCUT2D eigenvalue weighted by atomic mass is 10.0. The molecule has 0 saturated carbocycles. The van der Waals surface area contributed by atoms with Crippen molar-refractivity contribution in [1.29, 1.82) is 0 Å². The number of amides is 2. The molecule has 2 aliphatic rings. The van der Waals surface area contributed by atoms with Crippen molar-refractivity contribution in [2.75, 3.05) is 26.2 Å². The highest BCUT2D eigenvalue weighted by atomic mass is 16.5. The first kappa shape index (κ1) is 22.5. The number of aryl methyl sites for hydroxylation is 1. The van der Waals surface area contributed by atoms with Gasteiger partial charge in [-0.2, -0.15) is 0 Å². The lowest BCUT2D eigenvalue weighted by Gasteiger charge is -2.26. The van der Waals surface area contributed by atoms with Gasteiger partial charge in [-0.05, 0) is 57.7 Å². The number of ether oxygens (including phenoxy) is 1. The molecule has 0 spiro atoms. The van der Waals surface area contributed by atoms with Crippen molar-refractivity contribution in [2.45, 2.75) is 64.6 Å². The molecule has 2 amide bonds. The number of carbonyl (C=O) groups is 3. The minimum Gasteiger partial charge on any atom is -0.469 e. The Kier molecular flexibility index (Phi) is 7.66. The Morgan fingerprint density at radius 1 is 1.23 bits per heavy atom. The Morgan fingerprint density at radius 3 is 2.60 bits per heavy atom. The van der Waals surface area contributed by atoms with Gasteiger partial charge in [-0.3, -0.25) is 14.4 Å². The van der Waals surface area contributed by atoms with Crippen LogP contribution < -0.4 is 10.6 Å². The van der Waals surface area contributed by atoms with E-state index in [1.54, 1.807) is 13.0 Å². The number of nitrogens with one attached hydrogen (secondary N) is 2. The molecule has 30 heavy (non-hydrogen) atoms. The van der Waals surface area contributed by atoms with Crippen LogP contribution in [0.1, 0.15) is 55.6 Å². The topological polar surface area (TPSA) is 101 Å². The highest BCUT2D eigenvalue weighted by Crippen LogP contribution is 2.17. The molecule has 1 aromatic rings. The summed E-state index contributed by atoms with van der Waals surface area (Å²) >= 11 is 0. The van der Waals surface area contributed by atoms with Gasteiger partial charge in [-0.25, -0.2) is 0 Å². The van der Waals surface area contributed by atoms with Crippen molar-refractivity contribution < 1.29 is 23.5 Å². The van der Waals surface area contributed by atoms with E-state index in [0.29, 0.717) is 30.2 Å². The van der Waals surface area contributed by atoms with Gasteiger partial charge >= 0.3 is 0 Å². The normalized spacial score (nSPS) is 23.1. The summed E-state index contributed by atoms with van der Waals surface area (Å²) in [6.45, 7) is 8.47. The van der Waals surface area contributed by atoms with Crippen LogP contribution in [-0.2, 0) is 14.3 Å². The molecule has 3 rings (SSSR count). The van der Waals surface area contributed by atoms with Crippen LogP contribution in [0.3, 0.4) is 0 Å². The van der Waals surface area contributed by atoms with E-state index in [1.165, 1.54) is 6.26 Å². The maximum atomic E-state index is 13.1. The van der Waals surface area contributed by atoms with Gasteiger partial charge in [0.25, 0.3) is 5.91 Å². The van der Waals surface area contributed by atoms with Crippen LogP contribution in [0, 0.1) is 12.8 Å². The first-order valence-corrected chi connectivity index (χ1v) is 10.9. The van der Waals surface area contributed by atoms with E-state index in [2.05, 4.69) is 29.4 Å². The Bertz CT molecular complexity index is 754. The number of hydrogen-bond donors (Lipinski definition) is 2. The van der Waals surface area contributed by atoms with Gasteiger partial charge in [0.15, 0.2) is 5.78 Å². The summed E-state index contributed by atoms with van der Waals surface area (Å²) in [7, 11) is 0. The smallest absolute Gasteiger partial charge is 0.255 e. The minimum atomic E-state index is -0.727. The van der Waals surface area contributed by atoms with Crippen molar-refractivity contribution in [2.24, 2.45) is 5.92 Å². The van der Waals surface area contributed by atoms with Gasteiger partial charge in [0.05, 0.1) is 17.9 Å². The van der Waals surface area contributed by atoms with Gasteiger partial charge in [0.1, 0.15) is 24.5 Å². The quantitative estimate of drug-likeness (QED) is 0.632. The van der Waals surface area contributed by atoms with E-state index in [-0.39, 0.29) is 30.3 Å². The second-order valence-electron chi connectivity index (χ2n) is 8.70. The zero-order chi connectivity index (χ0) is 21.7. The summed E-state index contributed by atoms with van der Waals surface area (Å²) in [5, 5.41) is 5.68. The second-order valence-corrected chi connectivity index (χ2v) is 8.70. The summed E-state index contributed by atoms with van der Waals surface area (Å²) in [5.41, 5.74) is 0.407. The summed E-state index contributed by atoms with van der Waals surface area (Å²) in [6.07, 6.45) is 4.66. The van der Waals surface area contributed by atoms with E-state index >= 15 is 0 Å². The summed E-state index contributed by atoms with van der Waals surface area (Å²) in [6, 6.07) is 0.185. The van der Waals surface area contributed by atoms with Crippen molar-refractivity contribution in [3.8, 4) is 0 Å². The van der Waals surface area contributed by atoms with Crippen LogP contribution in [0.15, 0.2) is 16.7 Å². The molecule has 8 heteroatoms. The van der Waals surface area contributed by atoms with E-state index in [4.69, 9.17) is 9.15 Å². The number of Topliss-reactive ketones (excluding diaryl/α,β-unsaturated/α-hetero) is 1. The molecule has 2 fully saturated rings. The van der Waals surface area contributed by atoms with E-state index < -0.39 is 12.1 Å². The fourth-order valence-electron chi connectivity index (χ4n) is 4.01. The molecule has 0 aromatic carbocycles. The molecule has 2 saturated heterocycles. The average molecular weight is 420 g/mol. The molecular weight excluding hydrogens is 386 g/mol. The molecule has 2 aliphatic heterocycles. The van der Waals surface area contributed by atoms with Crippen LogP contribution in [0.25, 0.3) is 0 Å². The van der Waals surface area contributed by atoms with Crippen molar-refractivity contribution in [3.05, 3.63) is 23.7 Å². The predicted octanol–water partition coefficient (Wildman–Crippen LogP) is 1.67. The van der Waals surface area contributed by atoms with E-state index in [9.17, 15) is 14.4 Å². The van der Waals surface area contributed by atoms with Crippen LogP contribution in [0.5, 0.6) is 0 Å². The van der Waals surface area contributed by atoms with Crippen molar-refractivity contribution in [1.82, 2.24) is 15.5 Å². The third kappa shape index (κ3) is 5.70. The number of hydrogen-bond acceptors (Lipinski definition) is 6. The van der Waals surface area contributed by atoms with Crippen LogP contribution in [-0.4, -0.2) is 66.9 Å². The van der Waals surface area contributed by atoms with Crippen molar-refractivity contribution in [3.63, 3.8) is 0 Å². The standard InChI is InChI=1S/C22H33N3O5/c1-14(2)6-7-17(23-21(27)16-8-11-29-15(16)3)22(28)24-20-18(26)13-30-19(20)12-25-9-4-5-10-25/h8,11,14,17,19-20H,4-7,9-10,12-13H2,1-3H3,(H,23,27)(H,24,28). The first-order chi connectivity index (χ1) is 14.3. The van der Waals surface area contributed by atoms with Gasteiger partial charge in [0, 0.05) is 6.54 Å². The number of nitrogens with zero attached hydrogens (tertiary/aromatic N) is 1. The molecule has 166 valence electrons. The third-order valence-electron chi connectivity index (χ3n) is 5.85. The second kappa shape index (κ2) is 10.2. The van der Waals surface area contributed by atoms with Gasteiger partial charge in [-0.15, -0.1) is 0 Å². The number of furan rings is 1. The Hall–Kier alpha value is -2.19. The largest absolute Gasteiger partial charge is 0.469 e. The molecule has 3 heterocycles. The maximum Gasteiger partial charge on any atom is 0.255 e. The molecular formula is C22H33N3O5. The van der Waals surface area contributed by atoms with E-state index in [0.717, 1.165) is 32.4 Å². The maximum absolute atomic E-state index is 13.1. The number of ketones is 1. The zero-order valence-electron chi connectivity index (χ0n) is 18.1. The van der Waals surface area contributed by atoms with Crippen LogP contribution >= 0.6 is 0 Å². The molecule has 0 radical (unpaired) electrons. The SMILES string of the molecule is Cc1occc1C(=O)NC(CCC(C)C)C(=O)NC1C(=O)COC1CN1CCCC1. The zero-order valence-corrected chi connectivity index (χ0v) is 18.1. The highest BCUT2D eigenvalue weighted by Gasteiger charge is 2.39. The third-order valence-corrected chi connectivity index (χ3v) is 5.85. The van der Waals surface area contributed by atoms with Gasteiger partial charge in [0.2, 0.25) is 5.91 Å². The molecule has 0 bridgehead atoms.